The molecule has 0 saturated heterocycles. The lowest BCUT2D eigenvalue weighted by Crippen LogP contribution is -2.34. The second-order valence-corrected chi connectivity index (χ2v) is 5.05. The predicted octanol–water partition coefficient (Wildman–Crippen LogP) is 2.78. The quantitative estimate of drug-likeness (QED) is 0.780. The summed E-state index contributed by atoms with van der Waals surface area (Å²) in [5.74, 6) is 0.0601. The fraction of sp³-hybridized carbons (Fsp3) is 0.533. The first-order valence-electron chi connectivity index (χ1n) is 6.59. The number of hydrogen-bond acceptors (Lipinski definition) is 4. The molecule has 5 heteroatoms. The van der Waals surface area contributed by atoms with E-state index in [0.29, 0.717) is 0 Å². The van der Waals surface area contributed by atoms with Crippen molar-refractivity contribution in [3.63, 3.8) is 0 Å². The second kappa shape index (κ2) is 7.87. The third-order valence-electron chi connectivity index (χ3n) is 2.94. The van der Waals surface area contributed by atoms with Crippen LogP contribution in [0.3, 0.4) is 0 Å². The zero-order valence-electron chi connectivity index (χ0n) is 12.5. The smallest absolute Gasteiger partial charge is 0.404 e. The molecule has 1 aromatic carbocycles. The summed E-state index contributed by atoms with van der Waals surface area (Å²) < 4.78 is 15.9. The average molecular weight is 281 g/mol. The van der Waals surface area contributed by atoms with Crippen LogP contribution >= 0.6 is 0 Å². The standard InChI is InChI=1S/C15H23NO4/c1-10(2)13(20-15(16)17)14(19-9-18-4)12-7-5-6-11(3)8-12/h5-8,10,13-14H,9H2,1-4H3,(H2,16,17)/t13-,14-/m0/s1. The van der Waals surface area contributed by atoms with Gasteiger partial charge in [-0.1, -0.05) is 43.7 Å². The van der Waals surface area contributed by atoms with Gasteiger partial charge in [-0.25, -0.2) is 4.79 Å². The fourth-order valence-electron chi connectivity index (χ4n) is 2.05. The van der Waals surface area contributed by atoms with Crippen LogP contribution in [0.4, 0.5) is 4.79 Å². The van der Waals surface area contributed by atoms with E-state index in [1.807, 2.05) is 45.0 Å². The van der Waals surface area contributed by atoms with E-state index in [1.54, 1.807) is 7.11 Å². The van der Waals surface area contributed by atoms with Crippen LogP contribution in [-0.2, 0) is 14.2 Å². The van der Waals surface area contributed by atoms with Gasteiger partial charge in [0.15, 0.2) is 0 Å². The van der Waals surface area contributed by atoms with Gasteiger partial charge in [-0.3, -0.25) is 0 Å². The van der Waals surface area contributed by atoms with Crippen molar-refractivity contribution < 1.29 is 19.0 Å². The van der Waals surface area contributed by atoms with Gasteiger partial charge in [0.2, 0.25) is 0 Å². The summed E-state index contributed by atoms with van der Waals surface area (Å²) in [4.78, 5) is 11.1. The van der Waals surface area contributed by atoms with Crippen molar-refractivity contribution in [2.45, 2.75) is 33.0 Å². The number of rotatable bonds is 7. The lowest BCUT2D eigenvalue weighted by Gasteiger charge is -2.29. The van der Waals surface area contributed by atoms with Gasteiger partial charge >= 0.3 is 6.09 Å². The largest absolute Gasteiger partial charge is 0.443 e. The van der Waals surface area contributed by atoms with E-state index in [-0.39, 0.29) is 12.7 Å². The minimum absolute atomic E-state index is 0.0601. The van der Waals surface area contributed by atoms with Gasteiger partial charge in [-0.2, -0.15) is 0 Å². The zero-order valence-corrected chi connectivity index (χ0v) is 12.5. The third-order valence-corrected chi connectivity index (χ3v) is 2.94. The average Bonchev–Trinajstić information content (AvgIpc) is 2.37. The van der Waals surface area contributed by atoms with E-state index < -0.39 is 18.3 Å². The molecule has 0 unspecified atom stereocenters. The van der Waals surface area contributed by atoms with Crippen LogP contribution in [0.5, 0.6) is 0 Å². The summed E-state index contributed by atoms with van der Waals surface area (Å²) in [6.45, 7) is 6.01. The molecule has 2 N–H and O–H groups in total. The van der Waals surface area contributed by atoms with E-state index >= 15 is 0 Å². The molecule has 0 aliphatic rings. The highest BCUT2D eigenvalue weighted by Crippen LogP contribution is 2.29. The molecule has 0 bridgehead atoms. The molecule has 5 nitrogen and oxygen atoms in total. The summed E-state index contributed by atoms with van der Waals surface area (Å²) in [5, 5.41) is 0. The molecule has 2 atom stereocenters. The number of ether oxygens (including phenoxy) is 3. The summed E-state index contributed by atoms with van der Waals surface area (Å²) in [6, 6.07) is 7.87. The van der Waals surface area contributed by atoms with Gasteiger partial charge in [0.1, 0.15) is 19.0 Å². The minimum Gasteiger partial charge on any atom is -0.443 e. The first-order chi connectivity index (χ1) is 9.45. The molecule has 0 heterocycles. The summed E-state index contributed by atoms with van der Waals surface area (Å²) in [5.41, 5.74) is 7.20. The molecule has 20 heavy (non-hydrogen) atoms. The van der Waals surface area contributed by atoms with Crippen molar-refractivity contribution in [3.05, 3.63) is 35.4 Å². The van der Waals surface area contributed by atoms with Crippen molar-refractivity contribution in [1.29, 1.82) is 0 Å². The van der Waals surface area contributed by atoms with Gasteiger partial charge in [-0.05, 0) is 18.4 Å². The number of nitrogens with two attached hydrogens (primary N) is 1. The highest BCUT2D eigenvalue weighted by molar-refractivity contribution is 5.64. The Morgan fingerprint density at radius 2 is 2.05 bits per heavy atom. The minimum atomic E-state index is -0.803. The van der Waals surface area contributed by atoms with Gasteiger partial charge < -0.3 is 19.9 Å². The normalized spacial score (nSPS) is 14.1. The number of amides is 1. The zero-order chi connectivity index (χ0) is 15.1. The Balaban J connectivity index is 3.04. The Hall–Kier alpha value is -1.59. The topological polar surface area (TPSA) is 70.8 Å². The van der Waals surface area contributed by atoms with E-state index in [4.69, 9.17) is 19.9 Å². The number of benzene rings is 1. The molecule has 0 radical (unpaired) electrons. The Morgan fingerprint density at radius 1 is 1.35 bits per heavy atom. The Morgan fingerprint density at radius 3 is 2.55 bits per heavy atom. The Kier molecular flexibility index (Phi) is 6.48. The van der Waals surface area contributed by atoms with Gasteiger partial charge in [0.05, 0.1) is 0 Å². The van der Waals surface area contributed by atoms with Gasteiger partial charge in [0.25, 0.3) is 0 Å². The van der Waals surface area contributed by atoms with Crippen LogP contribution in [0.1, 0.15) is 31.1 Å². The van der Waals surface area contributed by atoms with Crippen LogP contribution in [-0.4, -0.2) is 26.1 Å². The number of hydrogen-bond donors (Lipinski definition) is 1. The highest BCUT2D eigenvalue weighted by atomic mass is 16.7. The predicted molar refractivity (Wildman–Crippen MR) is 76.2 cm³/mol. The first-order valence-corrected chi connectivity index (χ1v) is 6.59. The summed E-state index contributed by atoms with van der Waals surface area (Å²) in [6.07, 6.45) is -1.69. The lowest BCUT2D eigenvalue weighted by molar-refractivity contribution is -0.124. The lowest BCUT2D eigenvalue weighted by atomic mass is 9.95. The van der Waals surface area contributed by atoms with Crippen molar-refractivity contribution >= 4 is 6.09 Å². The van der Waals surface area contributed by atoms with E-state index in [0.717, 1.165) is 11.1 Å². The van der Waals surface area contributed by atoms with Crippen LogP contribution < -0.4 is 5.73 Å². The fourth-order valence-corrected chi connectivity index (χ4v) is 2.05. The molecule has 1 amide bonds. The maximum Gasteiger partial charge on any atom is 0.404 e. The maximum atomic E-state index is 11.1. The first kappa shape index (κ1) is 16.5. The Bertz CT molecular complexity index is 434. The maximum absolute atomic E-state index is 11.1. The van der Waals surface area contributed by atoms with Crippen molar-refractivity contribution in [3.8, 4) is 0 Å². The van der Waals surface area contributed by atoms with E-state index in [2.05, 4.69) is 0 Å². The van der Waals surface area contributed by atoms with Crippen LogP contribution in [0, 0.1) is 12.8 Å². The van der Waals surface area contributed by atoms with E-state index in [9.17, 15) is 4.79 Å². The van der Waals surface area contributed by atoms with Crippen molar-refractivity contribution in [2.24, 2.45) is 11.7 Å². The molecule has 0 saturated carbocycles. The molecule has 1 aromatic rings. The second-order valence-electron chi connectivity index (χ2n) is 5.05. The molecule has 0 spiro atoms. The summed E-state index contributed by atoms with van der Waals surface area (Å²) in [7, 11) is 1.55. The molecule has 112 valence electrons. The molecule has 0 aliphatic heterocycles. The number of carbonyl (C=O) groups is 1. The summed E-state index contributed by atoms with van der Waals surface area (Å²) >= 11 is 0. The molecule has 0 aromatic heterocycles. The number of aryl methyl sites for hydroxylation is 1. The number of primary amides is 1. The van der Waals surface area contributed by atoms with Gasteiger partial charge in [-0.15, -0.1) is 0 Å². The molecular formula is C15H23NO4. The Labute approximate surface area is 120 Å². The SMILES string of the molecule is COCO[C@@H](c1cccc(C)c1)[C@@H](OC(N)=O)C(C)C. The molecular weight excluding hydrogens is 258 g/mol. The molecule has 0 fully saturated rings. The number of carbonyl (C=O) groups excluding carboxylic acids is 1. The third kappa shape index (κ3) is 4.83. The van der Waals surface area contributed by atoms with Crippen molar-refractivity contribution in [2.75, 3.05) is 13.9 Å². The van der Waals surface area contributed by atoms with Crippen molar-refractivity contribution in [1.82, 2.24) is 0 Å². The monoisotopic (exact) mass is 281 g/mol. The number of methoxy groups -OCH3 is 1. The highest BCUT2D eigenvalue weighted by Gasteiger charge is 2.30. The van der Waals surface area contributed by atoms with Crippen LogP contribution in [0.2, 0.25) is 0 Å². The van der Waals surface area contributed by atoms with Crippen LogP contribution in [0.15, 0.2) is 24.3 Å². The van der Waals surface area contributed by atoms with Gasteiger partial charge in [0, 0.05) is 7.11 Å². The molecule has 0 aliphatic carbocycles. The van der Waals surface area contributed by atoms with Crippen LogP contribution in [0.25, 0.3) is 0 Å². The molecule has 1 rings (SSSR count). The van der Waals surface area contributed by atoms with E-state index in [1.165, 1.54) is 0 Å².